The van der Waals surface area contributed by atoms with Crippen LogP contribution in [0.2, 0.25) is 0 Å². The molecular weight excluding hydrogens is 462 g/mol. The van der Waals surface area contributed by atoms with E-state index in [2.05, 4.69) is 37.2 Å². The molecule has 0 bridgehead atoms. The molecule has 1 atom stereocenters. The summed E-state index contributed by atoms with van der Waals surface area (Å²) in [4.78, 5) is 24.2. The standard InChI is InChI=1S/C20H15Br2NO3/c21-15-8-14(9-16(22)11-15)19(24)23-18(20(25)26)10-13-6-3-5-12-4-1-2-7-17(12)13/h1-9,11,18H,10H2,(H,23,24)(H,25,26)/t18-/m1/s1. The molecule has 0 fully saturated rings. The third-order valence-corrected chi connectivity index (χ3v) is 4.95. The number of halogens is 2. The van der Waals surface area contributed by atoms with Crippen molar-refractivity contribution in [1.29, 1.82) is 0 Å². The molecule has 0 saturated carbocycles. The molecule has 0 heterocycles. The van der Waals surface area contributed by atoms with Gasteiger partial charge in [0.25, 0.3) is 5.91 Å². The minimum Gasteiger partial charge on any atom is -0.480 e. The number of amides is 1. The van der Waals surface area contributed by atoms with Crippen LogP contribution in [-0.4, -0.2) is 23.0 Å². The quantitative estimate of drug-likeness (QED) is 0.556. The van der Waals surface area contributed by atoms with Gasteiger partial charge < -0.3 is 10.4 Å². The summed E-state index contributed by atoms with van der Waals surface area (Å²) >= 11 is 6.66. The topological polar surface area (TPSA) is 66.4 Å². The molecule has 0 aliphatic heterocycles. The van der Waals surface area contributed by atoms with Crippen LogP contribution in [0.15, 0.2) is 69.6 Å². The Hall–Kier alpha value is -2.18. The maximum Gasteiger partial charge on any atom is 0.326 e. The Balaban J connectivity index is 1.85. The number of nitrogens with one attached hydrogen (secondary N) is 1. The second-order valence-corrected chi connectivity index (χ2v) is 7.70. The summed E-state index contributed by atoms with van der Waals surface area (Å²) in [5.41, 5.74) is 1.27. The van der Waals surface area contributed by atoms with Crippen LogP contribution in [0.3, 0.4) is 0 Å². The molecule has 6 heteroatoms. The Morgan fingerprint density at radius 3 is 2.31 bits per heavy atom. The Morgan fingerprint density at radius 1 is 0.962 bits per heavy atom. The van der Waals surface area contributed by atoms with Crippen LogP contribution in [0, 0.1) is 0 Å². The van der Waals surface area contributed by atoms with Crippen LogP contribution >= 0.6 is 31.9 Å². The summed E-state index contributed by atoms with van der Waals surface area (Å²) in [5.74, 6) is -1.50. The molecule has 4 nitrogen and oxygen atoms in total. The summed E-state index contributed by atoms with van der Waals surface area (Å²) in [6.07, 6.45) is 0.206. The highest BCUT2D eigenvalue weighted by Crippen LogP contribution is 2.22. The second kappa shape index (κ2) is 8.01. The van der Waals surface area contributed by atoms with E-state index < -0.39 is 17.9 Å². The Morgan fingerprint density at radius 2 is 1.62 bits per heavy atom. The highest BCUT2D eigenvalue weighted by Gasteiger charge is 2.22. The van der Waals surface area contributed by atoms with Crippen LogP contribution in [0.25, 0.3) is 10.8 Å². The first-order valence-electron chi connectivity index (χ1n) is 7.90. The number of carbonyl (C=O) groups excluding carboxylic acids is 1. The summed E-state index contributed by atoms with van der Waals surface area (Å²) in [7, 11) is 0. The first kappa shape index (κ1) is 18.6. The van der Waals surface area contributed by atoms with Gasteiger partial charge in [0, 0.05) is 20.9 Å². The molecule has 1 amide bonds. The van der Waals surface area contributed by atoms with E-state index in [1.807, 2.05) is 48.5 Å². The third kappa shape index (κ3) is 4.31. The highest BCUT2D eigenvalue weighted by atomic mass is 79.9. The molecule has 0 aromatic heterocycles. The van der Waals surface area contributed by atoms with Crippen LogP contribution in [-0.2, 0) is 11.2 Å². The van der Waals surface area contributed by atoms with Gasteiger partial charge in [-0.1, -0.05) is 74.3 Å². The van der Waals surface area contributed by atoms with Gasteiger partial charge in [-0.05, 0) is 34.5 Å². The van der Waals surface area contributed by atoms with Gasteiger partial charge >= 0.3 is 5.97 Å². The van der Waals surface area contributed by atoms with Crippen LogP contribution in [0.5, 0.6) is 0 Å². The van der Waals surface area contributed by atoms with Crippen molar-refractivity contribution in [2.45, 2.75) is 12.5 Å². The molecule has 0 radical (unpaired) electrons. The van der Waals surface area contributed by atoms with E-state index in [1.165, 1.54) is 0 Å². The van der Waals surface area contributed by atoms with Gasteiger partial charge in [-0.15, -0.1) is 0 Å². The van der Waals surface area contributed by atoms with Crippen molar-refractivity contribution >= 4 is 54.5 Å². The number of fused-ring (bicyclic) bond motifs is 1. The Bertz CT molecular complexity index is 962. The predicted molar refractivity (Wildman–Crippen MR) is 108 cm³/mol. The fourth-order valence-electron chi connectivity index (χ4n) is 2.82. The summed E-state index contributed by atoms with van der Waals surface area (Å²) < 4.78 is 1.47. The van der Waals surface area contributed by atoms with Gasteiger partial charge in [-0.25, -0.2) is 4.79 Å². The van der Waals surface area contributed by atoms with Crippen molar-refractivity contribution in [1.82, 2.24) is 5.32 Å². The number of hydrogen-bond acceptors (Lipinski definition) is 2. The lowest BCUT2D eigenvalue weighted by molar-refractivity contribution is -0.139. The van der Waals surface area contributed by atoms with Crippen molar-refractivity contribution in [3.8, 4) is 0 Å². The Labute approximate surface area is 167 Å². The zero-order chi connectivity index (χ0) is 18.7. The zero-order valence-corrected chi connectivity index (χ0v) is 16.7. The fourth-order valence-corrected chi connectivity index (χ4v) is 4.11. The number of carbonyl (C=O) groups is 2. The average molecular weight is 477 g/mol. The minimum absolute atomic E-state index is 0.206. The number of aliphatic carboxylic acids is 1. The molecule has 0 unspecified atom stereocenters. The number of carboxylic acid groups (broad SMARTS) is 1. The monoisotopic (exact) mass is 475 g/mol. The molecule has 3 aromatic rings. The van der Waals surface area contributed by atoms with Gasteiger partial charge in [0.05, 0.1) is 0 Å². The second-order valence-electron chi connectivity index (χ2n) is 5.86. The molecule has 26 heavy (non-hydrogen) atoms. The summed E-state index contributed by atoms with van der Waals surface area (Å²) in [6, 6.07) is 17.6. The molecule has 2 N–H and O–H groups in total. The molecular formula is C20H15Br2NO3. The number of rotatable bonds is 5. The van der Waals surface area contributed by atoms with Crippen molar-refractivity contribution < 1.29 is 14.7 Å². The van der Waals surface area contributed by atoms with Crippen molar-refractivity contribution in [2.75, 3.05) is 0 Å². The Kier molecular flexibility index (Phi) is 5.74. The fraction of sp³-hybridized carbons (Fsp3) is 0.100. The van der Waals surface area contributed by atoms with Crippen LogP contribution < -0.4 is 5.32 Å². The first-order valence-corrected chi connectivity index (χ1v) is 9.49. The molecule has 0 spiro atoms. The van der Waals surface area contributed by atoms with E-state index in [-0.39, 0.29) is 6.42 Å². The third-order valence-electron chi connectivity index (χ3n) is 4.03. The lowest BCUT2D eigenvalue weighted by Gasteiger charge is -2.16. The lowest BCUT2D eigenvalue weighted by atomic mass is 9.98. The van der Waals surface area contributed by atoms with Crippen molar-refractivity contribution in [3.63, 3.8) is 0 Å². The predicted octanol–water partition coefficient (Wildman–Crippen LogP) is 4.79. The summed E-state index contributed by atoms with van der Waals surface area (Å²) in [6.45, 7) is 0. The number of carboxylic acids is 1. The highest BCUT2D eigenvalue weighted by molar-refractivity contribution is 9.11. The van der Waals surface area contributed by atoms with E-state index in [0.29, 0.717) is 5.56 Å². The molecule has 3 aromatic carbocycles. The normalized spacial score (nSPS) is 11.9. The number of hydrogen-bond donors (Lipinski definition) is 2. The van der Waals surface area contributed by atoms with Gasteiger partial charge in [0.15, 0.2) is 0 Å². The lowest BCUT2D eigenvalue weighted by Crippen LogP contribution is -2.42. The molecule has 0 aliphatic carbocycles. The van der Waals surface area contributed by atoms with E-state index in [1.54, 1.807) is 12.1 Å². The maximum absolute atomic E-state index is 12.5. The van der Waals surface area contributed by atoms with Crippen LogP contribution in [0.4, 0.5) is 0 Å². The average Bonchev–Trinajstić information content (AvgIpc) is 2.60. The molecule has 3 rings (SSSR count). The molecule has 132 valence electrons. The molecule has 0 aliphatic rings. The van der Waals surface area contributed by atoms with E-state index in [4.69, 9.17) is 0 Å². The largest absolute Gasteiger partial charge is 0.480 e. The smallest absolute Gasteiger partial charge is 0.326 e. The summed E-state index contributed by atoms with van der Waals surface area (Å²) in [5, 5.41) is 14.2. The first-order chi connectivity index (χ1) is 12.4. The van der Waals surface area contributed by atoms with Gasteiger partial charge in [-0.2, -0.15) is 0 Å². The zero-order valence-electron chi connectivity index (χ0n) is 13.6. The van der Waals surface area contributed by atoms with Crippen molar-refractivity contribution in [3.05, 3.63) is 80.7 Å². The van der Waals surface area contributed by atoms with E-state index in [0.717, 1.165) is 25.3 Å². The van der Waals surface area contributed by atoms with E-state index >= 15 is 0 Å². The maximum atomic E-state index is 12.5. The number of benzene rings is 3. The van der Waals surface area contributed by atoms with Crippen LogP contribution in [0.1, 0.15) is 15.9 Å². The van der Waals surface area contributed by atoms with Gasteiger partial charge in [0.2, 0.25) is 0 Å². The van der Waals surface area contributed by atoms with Crippen molar-refractivity contribution in [2.24, 2.45) is 0 Å². The SMILES string of the molecule is O=C(N[C@H](Cc1cccc2ccccc12)C(=O)O)c1cc(Br)cc(Br)c1. The van der Waals surface area contributed by atoms with E-state index in [9.17, 15) is 14.7 Å². The van der Waals surface area contributed by atoms with Gasteiger partial charge in [-0.3, -0.25) is 4.79 Å². The molecule has 0 saturated heterocycles. The minimum atomic E-state index is -1.07. The van der Waals surface area contributed by atoms with Gasteiger partial charge in [0.1, 0.15) is 6.04 Å².